The lowest BCUT2D eigenvalue weighted by atomic mass is 10.1. The maximum absolute atomic E-state index is 11.7. The predicted molar refractivity (Wildman–Crippen MR) is 83.4 cm³/mol. The Bertz CT molecular complexity index is 419. The van der Waals surface area contributed by atoms with Gasteiger partial charge in [-0.25, -0.2) is 0 Å². The van der Waals surface area contributed by atoms with Gasteiger partial charge in [-0.3, -0.25) is 4.79 Å². The number of nitrogens with one attached hydrogen (secondary N) is 1. The monoisotopic (exact) mass is 294 g/mol. The van der Waals surface area contributed by atoms with Crippen molar-refractivity contribution in [2.45, 2.75) is 25.4 Å². The molecule has 1 amide bonds. The molecule has 0 saturated heterocycles. The summed E-state index contributed by atoms with van der Waals surface area (Å²) in [6.07, 6.45) is 1.04. The highest BCUT2D eigenvalue weighted by Gasteiger charge is 2.21. The topological polar surface area (TPSA) is 61.8 Å². The molecular weight excluding hydrogens is 268 g/mol. The third-order valence-electron chi connectivity index (χ3n) is 2.88. The van der Waals surface area contributed by atoms with Gasteiger partial charge in [-0.1, -0.05) is 18.2 Å². The van der Waals surface area contributed by atoms with Gasteiger partial charge in [0, 0.05) is 19.5 Å². The minimum Gasteiger partial charge on any atom is -0.494 e. The highest BCUT2D eigenvalue weighted by molar-refractivity contribution is 5.75. The number of ether oxygens (including phenoxy) is 1. The first-order valence-electron chi connectivity index (χ1n) is 7.21. The molecule has 0 aliphatic rings. The minimum atomic E-state index is -0.917. The number of likely N-dealkylation sites (N-methyl/N-ethyl adjacent to an activating group) is 1. The van der Waals surface area contributed by atoms with Gasteiger partial charge in [0.15, 0.2) is 0 Å². The van der Waals surface area contributed by atoms with Crippen LogP contribution >= 0.6 is 0 Å². The van der Waals surface area contributed by atoms with Crippen LogP contribution in [0.1, 0.15) is 19.8 Å². The van der Waals surface area contributed by atoms with E-state index >= 15 is 0 Å². The van der Waals surface area contributed by atoms with Crippen molar-refractivity contribution in [3.63, 3.8) is 0 Å². The summed E-state index contributed by atoms with van der Waals surface area (Å²) in [4.78, 5) is 13.6. The number of nitrogens with zero attached hydrogens (tertiary/aromatic N) is 1. The number of para-hydroxylation sites is 1. The quantitative estimate of drug-likeness (QED) is 0.673. The second kappa shape index (κ2) is 8.64. The lowest BCUT2D eigenvalue weighted by Gasteiger charge is -2.27. The van der Waals surface area contributed by atoms with E-state index in [2.05, 4.69) is 5.32 Å². The molecule has 0 bridgehead atoms. The van der Waals surface area contributed by atoms with E-state index < -0.39 is 5.60 Å². The summed E-state index contributed by atoms with van der Waals surface area (Å²) < 4.78 is 5.52. The Morgan fingerprint density at radius 3 is 2.62 bits per heavy atom. The second-order valence-electron chi connectivity index (χ2n) is 5.78. The van der Waals surface area contributed by atoms with Gasteiger partial charge in [0.05, 0.1) is 12.2 Å². The first-order valence-corrected chi connectivity index (χ1v) is 7.21. The molecule has 1 unspecified atom stereocenters. The molecule has 0 saturated carbocycles. The summed E-state index contributed by atoms with van der Waals surface area (Å²) in [6, 6.07) is 9.53. The fraction of sp³-hybridized carbons (Fsp3) is 0.562. The number of carbonyl (C=O) groups is 1. The molecule has 0 aromatic heterocycles. The van der Waals surface area contributed by atoms with E-state index in [0.29, 0.717) is 26.0 Å². The lowest BCUT2D eigenvalue weighted by molar-refractivity contribution is -0.122. The van der Waals surface area contributed by atoms with Gasteiger partial charge in [-0.05, 0) is 39.6 Å². The van der Waals surface area contributed by atoms with Crippen molar-refractivity contribution >= 4 is 5.91 Å². The molecule has 0 heterocycles. The standard InChI is InChI=1S/C16H26N2O3/c1-16(20,13-18(2)3)12-17-15(19)10-7-11-21-14-8-5-4-6-9-14/h4-6,8-9,20H,7,10-13H2,1-3H3,(H,17,19). The fourth-order valence-electron chi connectivity index (χ4n) is 2.05. The van der Waals surface area contributed by atoms with Crippen LogP contribution in [0.4, 0.5) is 0 Å². The zero-order chi connectivity index (χ0) is 15.7. The molecule has 0 aliphatic heterocycles. The molecule has 1 atom stereocenters. The van der Waals surface area contributed by atoms with Crippen LogP contribution in [0.25, 0.3) is 0 Å². The molecule has 118 valence electrons. The maximum Gasteiger partial charge on any atom is 0.220 e. The average Bonchev–Trinajstić information content (AvgIpc) is 2.41. The molecule has 5 heteroatoms. The number of aliphatic hydroxyl groups is 1. The van der Waals surface area contributed by atoms with Crippen molar-refractivity contribution in [2.24, 2.45) is 0 Å². The van der Waals surface area contributed by atoms with Gasteiger partial charge in [-0.15, -0.1) is 0 Å². The number of hydrogen-bond acceptors (Lipinski definition) is 4. The van der Waals surface area contributed by atoms with Gasteiger partial charge in [0.1, 0.15) is 5.75 Å². The van der Waals surface area contributed by atoms with Crippen molar-refractivity contribution < 1.29 is 14.6 Å². The number of amides is 1. The number of rotatable bonds is 9. The van der Waals surface area contributed by atoms with Crippen molar-refractivity contribution in [3.05, 3.63) is 30.3 Å². The van der Waals surface area contributed by atoms with Crippen molar-refractivity contribution in [1.29, 1.82) is 0 Å². The number of hydrogen-bond donors (Lipinski definition) is 2. The first kappa shape index (κ1) is 17.5. The Hall–Kier alpha value is -1.59. The first-order chi connectivity index (χ1) is 9.89. The van der Waals surface area contributed by atoms with Crippen molar-refractivity contribution in [3.8, 4) is 5.75 Å². The van der Waals surface area contributed by atoms with Crippen LogP contribution in [-0.2, 0) is 4.79 Å². The summed E-state index contributed by atoms with van der Waals surface area (Å²) in [5, 5.41) is 12.8. The van der Waals surface area contributed by atoms with E-state index in [4.69, 9.17) is 4.74 Å². The Balaban J connectivity index is 2.14. The molecule has 0 radical (unpaired) electrons. The summed E-state index contributed by atoms with van der Waals surface area (Å²) in [6.45, 7) is 2.98. The molecule has 5 nitrogen and oxygen atoms in total. The molecule has 1 aromatic carbocycles. The van der Waals surface area contributed by atoms with Crippen LogP contribution in [0.3, 0.4) is 0 Å². The molecule has 2 N–H and O–H groups in total. The summed E-state index contributed by atoms with van der Waals surface area (Å²) in [7, 11) is 3.77. The van der Waals surface area contributed by atoms with Crippen LogP contribution in [0, 0.1) is 0 Å². The zero-order valence-electron chi connectivity index (χ0n) is 13.1. The van der Waals surface area contributed by atoms with Crippen LogP contribution in [0.15, 0.2) is 30.3 Å². The minimum absolute atomic E-state index is 0.0642. The normalized spacial score (nSPS) is 13.8. The molecule has 0 spiro atoms. The number of carbonyl (C=O) groups excluding carboxylic acids is 1. The Morgan fingerprint density at radius 1 is 1.33 bits per heavy atom. The fourth-order valence-corrected chi connectivity index (χ4v) is 2.05. The van der Waals surface area contributed by atoms with E-state index in [1.807, 2.05) is 49.3 Å². The molecule has 1 aromatic rings. The largest absolute Gasteiger partial charge is 0.494 e. The summed E-state index contributed by atoms with van der Waals surface area (Å²) in [5.41, 5.74) is -0.917. The van der Waals surface area contributed by atoms with E-state index in [-0.39, 0.29) is 12.5 Å². The average molecular weight is 294 g/mol. The second-order valence-corrected chi connectivity index (χ2v) is 5.78. The zero-order valence-corrected chi connectivity index (χ0v) is 13.1. The summed E-state index contributed by atoms with van der Waals surface area (Å²) in [5.74, 6) is 0.748. The SMILES string of the molecule is CN(C)CC(C)(O)CNC(=O)CCCOc1ccccc1. The highest BCUT2D eigenvalue weighted by atomic mass is 16.5. The van der Waals surface area contributed by atoms with Crippen LogP contribution in [0.2, 0.25) is 0 Å². The predicted octanol–water partition coefficient (Wildman–Crippen LogP) is 1.27. The highest BCUT2D eigenvalue weighted by Crippen LogP contribution is 2.09. The Morgan fingerprint density at radius 2 is 2.00 bits per heavy atom. The van der Waals surface area contributed by atoms with Crippen LogP contribution in [0.5, 0.6) is 5.75 Å². The molecule has 0 aliphatic carbocycles. The van der Waals surface area contributed by atoms with E-state index in [0.717, 1.165) is 5.75 Å². The van der Waals surface area contributed by atoms with E-state index in [1.54, 1.807) is 6.92 Å². The van der Waals surface area contributed by atoms with E-state index in [1.165, 1.54) is 0 Å². The Labute approximate surface area is 126 Å². The van der Waals surface area contributed by atoms with Gasteiger partial charge >= 0.3 is 0 Å². The molecule has 0 fully saturated rings. The maximum atomic E-state index is 11.7. The van der Waals surface area contributed by atoms with Gasteiger partial charge in [-0.2, -0.15) is 0 Å². The third-order valence-corrected chi connectivity index (χ3v) is 2.88. The lowest BCUT2D eigenvalue weighted by Crippen LogP contribution is -2.47. The summed E-state index contributed by atoms with van der Waals surface area (Å²) >= 11 is 0. The smallest absolute Gasteiger partial charge is 0.220 e. The Kier molecular flexibility index (Phi) is 7.19. The van der Waals surface area contributed by atoms with Crippen molar-refractivity contribution in [2.75, 3.05) is 33.8 Å². The van der Waals surface area contributed by atoms with Crippen LogP contribution < -0.4 is 10.1 Å². The van der Waals surface area contributed by atoms with Gasteiger partial charge < -0.3 is 20.1 Å². The van der Waals surface area contributed by atoms with Gasteiger partial charge in [0.25, 0.3) is 0 Å². The third kappa shape index (κ3) is 8.32. The molecular formula is C16H26N2O3. The van der Waals surface area contributed by atoms with Crippen LogP contribution in [-0.4, -0.2) is 55.3 Å². The van der Waals surface area contributed by atoms with E-state index in [9.17, 15) is 9.90 Å². The number of benzene rings is 1. The van der Waals surface area contributed by atoms with Crippen molar-refractivity contribution in [1.82, 2.24) is 10.2 Å². The molecule has 1 rings (SSSR count). The molecule has 21 heavy (non-hydrogen) atoms. The van der Waals surface area contributed by atoms with Gasteiger partial charge in [0.2, 0.25) is 5.91 Å².